The number of nitrogens with zero attached hydrogens (tertiary/aromatic N) is 1. The van der Waals surface area contributed by atoms with Crippen LogP contribution in [0, 0.1) is 0 Å². The fourth-order valence-corrected chi connectivity index (χ4v) is 3.90. The molecule has 1 aliphatic rings. The van der Waals surface area contributed by atoms with E-state index in [4.69, 9.17) is 4.84 Å². The van der Waals surface area contributed by atoms with Crippen molar-refractivity contribution in [3.63, 3.8) is 0 Å². The van der Waals surface area contributed by atoms with Crippen molar-refractivity contribution < 1.29 is 4.84 Å². The third-order valence-corrected chi connectivity index (χ3v) is 5.33. The molecule has 4 aromatic carbocycles. The van der Waals surface area contributed by atoms with Gasteiger partial charge in [0.1, 0.15) is 12.0 Å². The van der Waals surface area contributed by atoms with E-state index in [9.17, 15) is 0 Å². The molecule has 0 fully saturated rings. The van der Waals surface area contributed by atoms with E-state index in [1.165, 1.54) is 0 Å². The Labute approximate surface area is 182 Å². The van der Waals surface area contributed by atoms with Gasteiger partial charge in [-0.3, -0.25) is 0 Å². The van der Waals surface area contributed by atoms with Crippen LogP contribution in [0.25, 0.3) is 16.7 Å². The fraction of sp³-hybridized carbons (Fsp3) is 0. The predicted molar refractivity (Wildman–Crippen MR) is 128 cm³/mol. The third kappa shape index (κ3) is 3.84. The lowest BCUT2D eigenvalue weighted by Gasteiger charge is -2.18. The fourth-order valence-electron chi connectivity index (χ4n) is 3.90. The Morgan fingerprint density at radius 3 is 1.35 bits per heavy atom. The molecule has 0 N–H and O–H groups in total. The van der Waals surface area contributed by atoms with Gasteiger partial charge in [-0.25, -0.2) is 0 Å². The highest BCUT2D eigenvalue weighted by atomic mass is 16.6. The van der Waals surface area contributed by atoms with Crippen molar-refractivity contribution in [3.8, 4) is 0 Å². The van der Waals surface area contributed by atoms with E-state index in [0.717, 1.165) is 44.7 Å². The minimum absolute atomic E-state index is 0.813. The second-order valence-corrected chi connectivity index (χ2v) is 7.29. The Morgan fingerprint density at radius 2 is 0.839 bits per heavy atom. The van der Waals surface area contributed by atoms with Gasteiger partial charge in [0.25, 0.3) is 0 Å². The van der Waals surface area contributed by atoms with Gasteiger partial charge in [-0.2, -0.15) is 0 Å². The summed E-state index contributed by atoms with van der Waals surface area (Å²) in [7, 11) is 0. The first-order valence-corrected chi connectivity index (χ1v) is 10.3. The molecule has 31 heavy (non-hydrogen) atoms. The molecule has 2 heteroatoms. The second kappa shape index (κ2) is 8.68. The number of oxime groups is 1. The molecule has 0 amide bonds. The van der Waals surface area contributed by atoms with Gasteiger partial charge in [-0.05, 0) is 16.7 Å². The molecule has 1 heterocycles. The maximum Gasteiger partial charge on any atom is 0.130 e. The Balaban J connectivity index is 1.86. The average Bonchev–Trinajstić information content (AvgIpc) is 3.06. The van der Waals surface area contributed by atoms with Gasteiger partial charge < -0.3 is 4.84 Å². The van der Waals surface area contributed by atoms with Crippen LogP contribution in [0.2, 0.25) is 0 Å². The molecule has 0 saturated carbocycles. The number of hydrogen-bond acceptors (Lipinski definition) is 2. The van der Waals surface area contributed by atoms with Crippen LogP contribution in [0.4, 0.5) is 0 Å². The van der Waals surface area contributed by atoms with Gasteiger partial charge in [0.15, 0.2) is 0 Å². The van der Waals surface area contributed by atoms with E-state index in [2.05, 4.69) is 78.0 Å². The number of benzene rings is 4. The van der Waals surface area contributed by atoms with E-state index in [-0.39, 0.29) is 0 Å². The highest BCUT2D eigenvalue weighted by molar-refractivity contribution is 6.41. The van der Waals surface area contributed by atoms with Crippen LogP contribution >= 0.6 is 0 Å². The zero-order valence-electron chi connectivity index (χ0n) is 17.0. The molecular formula is C29H21NO. The van der Waals surface area contributed by atoms with E-state index in [0.29, 0.717) is 0 Å². The van der Waals surface area contributed by atoms with Gasteiger partial charge in [-0.15, -0.1) is 0 Å². The molecule has 0 aromatic heterocycles. The summed E-state index contributed by atoms with van der Waals surface area (Å²) < 4.78 is 0. The molecule has 0 spiro atoms. The van der Waals surface area contributed by atoms with E-state index in [1.54, 1.807) is 6.26 Å². The number of hydrogen-bond donors (Lipinski definition) is 0. The van der Waals surface area contributed by atoms with E-state index in [1.807, 2.05) is 48.5 Å². The van der Waals surface area contributed by atoms with Crippen molar-refractivity contribution in [1.82, 2.24) is 0 Å². The molecule has 5 rings (SSSR count). The van der Waals surface area contributed by atoms with Crippen LogP contribution in [-0.2, 0) is 4.84 Å². The third-order valence-electron chi connectivity index (χ3n) is 5.33. The quantitative estimate of drug-likeness (QED) is 0.359. The van der Waals surface area contributed by atoms with Crippen LogP contribution in [0.3, 0.4) is 0 Å². The van der Waals surface area contributed by atoms with Crippen LogP contribution in [0.15, 0.2) is 133 Å². The topological polar surface area (TPSA) is 21.6 Å². The van der Waals surface area contributed by atoms with Crippen molar-refractivity contribution in [2.75, 3.05) is 0 Å². The second-order valence-electron chi connectivity index (χ2n) is 7.29. The largest absolute Gasteiger partial charge is 0.364 e. The normalized spacial score (nSPS) is 13.7. The molecule has 148 valence electrons. The minimum Gasteiger partial charge on any atom is -0.364 e. The van der Waals surface area contributed by atoms with Gasteiger partial charge in [0, 0.05) is 22.3 Å². The summed E-state index contributed by atoms with van der Waals surface area (Å²) in [4.78, 5) is 5.82. The van der Waals surface area contributed by atoms with Crippen molar-refractivity contribution in [2.45, 2.75) is 0 Å². The summed E-state index contributed by atoms with van der Waals surface area (Å²) in [6, 6.07) is 41.4. The molecule has 0 unspecified atom stereocenters. The van der Waals surface area contributed by atoms with Crippen molar-refractivity contribution in [3.05, 3.63) is 150 Å². The van der Waals surface area contributed by atoms with Crippen LogP contribution in [0.5, 0.6) is 0 Å². The molecule has 0 atom stereocenters. The van der Waals surface area contributed by atoms with Crippen molar-refractivity contribution >= 4 is 22.4 Å². The lowest BCUT2D eigenvalue weighted by molar-refractivity contribution is 0.271. The summed E-state index contributed by atoms with van der Waals surface area (Å²) >= 11 is 0. The first-order valence-electron chi connectivity index (χ1n) is 10.3. The molecule has 0 radical (unpaired) electrons. The van der Waals surface area contributed by atoms with Crippen molar-refractivity contribution in [2.24, 2.45) is 5.16 Å². The first-order chi connectivity index (χ1) is 15.4. The zero-order valence-corrected chi connectivity index (χ0v) is 17.0. The summed E-state index contributed by atoms with van der Waals surface area (Å²) in [5.74, 6) is 0. The Hall–Kier alpha value is -4.17. The van der Waals surface area contributed by atoms with E-state index < -0.39 is 0 Å². The Bertz CT molecular complexity index is 1150. The van der Waals surface area contributed by atoms with Gasteiger partial charge >= 0.3 is 0 Å². The monoisotopic (exact) mass is 399 g/mol. The van der Waals surface area contributed by atoms with E-state index >= 15 is 0 Å². The van der Waals surface area contributed by atoms with Gasteiger partial charge in [0.2, 0.25) is 0 Å². The predicted octanol–water partition coefficient (Wildman–Crippen LogP) is 7.07. The Morgan fingerprint density at radius 1 is 0.419 bits per heavy atom. The molecule has 4 aromatic rings. The van der Waals surface area contributed by atoms with Gasteiger partial charge in [0.05, 0.1) is 0 Å². The van der Waals surface area contributed by atoms with Gasteiger partial charge in [-0.1, -0.05) is 126 Å². The van der Waals surface area contributed by atoms with Crippen LogP contribution < -0.4 is 0 Å². The standard InChI is InChI=1S/C29H21NO/c1-5-13-22(14-6-1)26-21-31-30-29(25-19-11-4-12-20-25)28(24-17-9-3-10-18-24)27(26)23-15-7-2-8-16-23/h1-21H. The summed E-state index contributed by atoms with van der Waals surface area (Å²) in [5, 5.41) is 4.59. The summed E-state index contributed by atoms with van der Waals surface area (Å²) in [5.41, 5.74) is 8.26. The zero-order chi connectivity index (χ0) is 20.9. The molecule has 2 nitrogen and oxygen atoms in total. The lowest BCUT2D eigenvalue weighted by Crippen LogP contribution is -2.07. The first kappa shape index (κ1) is 18.8. The minimum atomic E-state index is 0.813. The summed E-state index contributed by atoms with van der Waals surface area (Å²) in [6.45, 7) is 0. The Kier molecular flexibility index (Phi) is 5.27. The highest BCUT2D eigenvalue weighted by Crippen LogP contribution is 2.40. The maximum atomic E-state index is 5.82. The van der Waals surface area contributed by atoms with Crippen molar-refractivity contribution in [1.29, 1.82) is 0 Å². The molecule has 0 saturated heterocycles. The molecule has 0 bridgehead atoms. The molecular weight excluding hydrogens is 378 g/mol. The number of allylic oxidation sites excluding steroid dienone is 3. The maximum absolute atomic E-state index is 5.82. The average molecular weight is 399 g/mol. The van der Waals surface area contributed by atoms with Crippen LogP contribution in [-0.4, -0.2) is 5.71 Å². The molecule has 1 aliphatic heterocycles. The number of rotatable bonds is 4. The molecule has 0 aliphatic carbocycles. The summed E-state index contributed by atoms with van der Waals surface area (Å²) in [6.07, 6.45) is 1.76. The lowest BCUT2D eigenvalue weighted by atomic mass is 9.83. The highest BCUT2D eigenvalue weighted by Gasteiger charge is 2.25. The SMILES string of the molecule is C1=C(c2ccccc2)C(c2ccccc2)=C(c2ccccc2)C(c2ccccc2)=NO1. The smallest absolute Gasteiger partial charge is 0.130 e. The van der Waals surface area contributed by atoms with Crippen LogP contribution in [0.1, 0.15) is 22.3 Å².